The molecule has 1 aromatic carbocycles. The molecule has 142 valence electrons. The van der Waals surface area contributed by atoms with Crippen molar-refractivity contribution in [1.29, 1.82) is 0 Å². The second kappa shape index (κ2) is 7.52. The van der Waals surface area contributed by atoms with Crippen LogP contribution in [0, 0.1) is 0 Å². The maximum absolute atomic E-state index is 5.56. The zero-order chi connectivity index (χ0) is 18.8. The maximum atomic E-state index is 5.56. The lowest BCUT2D eigenvalue weighted by atomic mass is 9.99. The van der Waals surface area contributed by atoms with Crippen molar-refractivity contribution in [2.24, 2.45) is 7.05 Å². The quantitative estimate of drug-likeness (QED) is 0.767. The van der Waals surface area contributed by atoms with E-state index in [-0.39, 0.29) is 0 Å². The van der Waals surface area contributed by atoms with Gasteiger partial charge in [-0.05, 0) is 36.7 Å². The Morgan fingerprint density at radius 2 is 1.89 bits per heavy atom. The lowest BCUT2D eigenvalue weighted by Crippen LogP contribution is -2.26. The highest BCUT2D eigenvalue weighted by Gasteiger charge is 2.17. The fourth-order valence-corrected chi connectivity index (χ4v) is 3.11. The standard InChI is InChI=1S/C17H20N6O.C3H6/c1-22-5-4-11-7-15(24-3)14(6-12(11)10-22)20-17-18-8-13-9-19-23(2)16(13)21-17;1-2-3-1/h6-9H,4-5,10H2,1-3H3,(H,18,20,21);1-3H2. The summed E-state index contributed by atoms with van der Waals surface area (Å²) in [5.74, 6) is 1.35. The van der Waals surface area contributed by atoms with E-state index in [1.807, 2.05) is 7.05 Å². The number of nitrogens with zero attached hydrogens (tertiary/aromatic N) is 5. The molecule has 5 rings (SSSR count). The van der Waals surface area contributed by atoms with Gasteiger partial charge in [-0.15, -0.1) is 0 Å². The van der Waals surface area contributed by atoms with Crippen LogP contribution in [0.5, 0.6) is 5.75 Å². The van der Waals surface area contributed by atoms with Gasteiger partial charge in [0.2, 0.25) is 5.95 Å². The van der Waals surface area contributed by atoms with Gasteiger partial charge >= 0.3 is 0 Å². The van der Waals surface area contributed by atoms with E-state index >= 15 is 0 Å². The molecule has 0 radical (unpaired) electrons. The van der Waals surface area contributed by atoms with E-state index in [9.17, 15) is 0 Å². The van der Waals surface area contributed by atoms with Crippen LogP contribution in [0.1, 0.15) is 30.4 Å². The molecule has 1 fully saturated rings. The van der Waals surface area contributed by atoms with Crippen LogP contribution in [-0.4, -0.2) is 45.4 Å². The molecule has 7 nitrogen and oxygen atoms in total. The van der Waals surface area contributed by atoms with Gasteiger partial charge in [0.1, 0.15) is 5.75 Å². The van der Waals surface area contributed by atoms with E-state index in [0.717, 1.165) is 42.0 Å². The minimum absolute atomic E-state index is 0.536. The fraction of sp³-hybridized carbons (Fsp3) is 0.450. The van der Waals surface area contributed by atoms with Crippen molar-refractivity contribution in [3.63, 3.8) is 0 Å². The van der Waals surface area contributed by atoms with Gasteiger partial charge in [0.25, 0.3) is 0 Å². The van der Waals surface area contributed by atoms with E-state index < -0.39 is 0 Å². The highest BCUT2D eigenvalue weighted by molar-refractivity contribution is 5.75. The molecule has 1 aliphatic heterocycles. The molecule has 0 atom stereocenters. The molecule has 0 bridgehead atoms. The van der Waals surface area contributed by atoms with E-state index in [2.05, 4.69) is 44.5 Å². The number of aryl methyl sites for hydroxylation is 1. The summed E-state index contributed by atoms with van der Waals surface area (Å²) in [6.07, 6.45) is 9.07. The zero-order valence-corrected chi connectivity index (χ0v) is 16.2. The minimum atomic E-state index is 0.536. The normalized spacial score (nSPS) is 15.7. The third-order valence-corrected chi connectivity index (χ3v) is 4.80. The molecule has 2 aliphatic rings. The van der Waals surface area contributed by atoms with Crippen LogP contribution < -0.4 is 10.1 Å². The van der Waals surface area contributed by atoms with Gasteiger partial charge in [0.05, 0.1) is 24.4 Å². The predicted octanol–water partition coefficient (Wildman–Crippen LogP) is 3.27. The van der Waals surface area contributed by atoms with Gasteiger partial charge in [0, 0.05) is 26.3 Å². The first-order valence-electron chi connectivity index (χ1n) is 9.44. The van der Waals surface area contributed by atoms with Crippen molar-refractivity contribution in [1.82, 2.24) is 24.6 Å². The first-order chi connectivity index (χ1) is 13.1. The number of fused-ring (bicyclic) bond motifs is 2. The Balaban J connectivity index is 0.000000547. The van der Waals surface area contributed by atoms with Crippen LogP contribution in [0.25, 0.3) is 11.0 Å². The molecule has 7 heteroatoms. The Morgan fingerprint density at radius 3 is 2.63 bits per heavy atom. The van der Waals surface area contributed by atoms with Gasteiger partial charge in [-0.1, -0.05) is 19.3 Å². The maximum Gasteiger partial charge on any atom is 0.229 e. The summed E-state index contributed by atoms with van der Waals surface area (Å²) in [4.78, 5) is 11.2. The Labute approximate surface area is 159 Å². The van der Waals surface area contributed by atoms with Crippen molar-refractivity contribution >= 4 is 22.7 Å². The minimum Gasteiger partial charge on any atom is -0.495 e. The lowest BCUT2D eigenvalue weighted by molar-refractivity contribution is 0.312. The number of hydrogen-bond acceptors (Lipinski definition) is 6. The summed E-state index contributed by atoms with van der Waals surface area (Å²) in [6, 6.07) is 4.26. The van der Waals surface area contributed by atoms with E-state index in [0.29, 0.717) is 5.95 Å². The number of likely N-dealkylation sites (N-methyl/N-ethyl adjacent to an activating group) is 1. The van der Waals surface area contributed by atoms with Crippen LogP contribution in [-0.2, 0) is 20.0 Å². The van der Waals surface area contributed by atoms with Crippen molar-refractivity contribution in [3.05, 3.63) is 35.7 Å². The number of anilines is 2. The first kappa shape index (κ1) is 17.7. The number of aromatic nitrogens is 4. The summed E-state index contributed by atoms with van der Waals surface area (Å²) < 4.78 is 7.29. The number of benzene rings is 1. The van der Waals surface area contributed by atoms with Crippen molar-refractivity contribution < 1.29 is 4.74 Å². The highest BCUT2D eigenvalue weighted by atomic mass is 16.5. The summed E-state index contributed by atoms with van der Waals surface area (Å²) in [6.45, 7) is 2.01. The second-order valence-electron chi connectivity index (χ2n) is 7.24. The molecule has 1 saturated carbocycles. The molecule has 0 amide bonds. The molecule has 2 aromatic heterocycles. The van der Waals surface area contributed by atoms with Crippen LogP contribution in [0.15, 0.2) is 24.5 Å². The van der Waals surface area contributed by atoms with E-state index in [1.54, 1.807) is 24.2 Å². The fourth-order valence-electron chi connectivity index (χ4n) is 3.11. The molecule has 0 spiro atoms. The van der Waals surface area contributed by atoms with Gasteiger partial charge in [0.15, 0.2) is 5.65 Å². The summed E-state index contributed by atoms with van der Waals surface area (Å²) >= 11 is 0. The Kier molecular flexibility index (Phi) is 4.94. The number of methoxy groups -OCH3 is 1. The third kappa shape index (κ3) is 4.03. The van der Waals surface area contributed by atoms with Crippen molar-refractivity contribution in [2.45, 2.75) is 32.2 Å². The van der Waals surface area contributed by atoms with E-state index in [1.165, 1.54) is 30.4 Å². The molecule has 27 heavy (non-hydrogen) atoms. The number of nitrogens with one attached hydrogen (secondary N) is 1. The number of rotatable bonds is 3. The van der Waals surface area contributed by atoms with Gasteiger partial charge < -0.3 is 15.0 Å². The summed E-state index contributed by atoms with van der Waals surface area (Å²) in [5.41, 5.74) is 4.34. The molecule has 0 unspecified atom stereocenters. The monoisotopic (exact) mass is 366 g/mol. The topological polar surface area (TPSA) is 68.1 Å². The molecule has 3 heterocycles. The highest BCUT2D eigenvalue weighted by Crippen LogP contribution is 2.33. The molecular weight excluding hydrogens is 340 g/mol. The Hall–Kier alpha value is -2.67. The summed E-state index contributed by atoms with van der Waals surface area (Å²) in [7, 11) is 5.70. The van der Waals surface area contributed by atoms with Gasteiger partial charge in [-0.2, -0.15) is 10.1 Å². The zero-order valence-electron chi connectivity index (χ0n) is 16.2. The molecular formula is C20H26N6O. The second-order valence-corrected chi connectivity index (χ2v) is 7.24. The van der Waals surface area contributed by atoms with Crippen LogP contribution >= 0.6 is 0 Å². The van der Waals surface area contributed by atoms with Crippen molar-refractivity contribution in [2.75, 3.05) is 26.0 Å². The van der Waals surface area contributed by atoms with Crippen LogP contribution in [0.2, 0.25) is 0 Å². The Morgan fingerprint density at radius 1 is 1.07 bits per heavy atom. The molecule has 0 saturated heterocycles. The largest absolute Gasteiger partial charge is 0.495 e. The molecule has 1 aliphatic carbocycles. The van der Waals surface area contributed by atoms with Crippen LogP contribution in [0.4, 0.5) is 11.6 Å². The lowest BCUT2D eigenvalue weighted by Gasteiger charge is -2.26. The SMILES string of the molecule is C1CC1.COc1cc2c(cc1Nc1ncc3cnn(C)c3n1)CN(C)CC2. The van der Waals surface area contributed by atoms with Gasteiger partial charge in [-0.3, -0.25) is 4.68 Å². The van der Waals surface area contributed by atoms with E-state index in [4.69, 9.17) is 4.74 Å². The predicted molar refractivity (Wildman–Crippen MR) is 106 cm³/mol. The first-order valence-corrected chi connectivity index (χ1v) is 9.44. The molecule has 3 aromatic rings. The number of ether oxygens (including phenoxy) is 1. The third-order valence-electron chi connectivity index (χ3n) is 4.80. The average Bonchev–Trinajstić information content (AvgIpc) is 3.51. The summed E-state index contributed by atoms with van der Waals surface area (Å²) in [5, 5.41) is 8.41. The average molecular weight is 366 g/mol. The number of hydrogen-bond donors (Lipinski definition) is 1. The van der Waals surface area contributed by atoms with Gasteiger partial charge in [-0.25, -0.2) is 4.98 Å². The smallest absolute Gasteiger partial charge is 0.229 e. The Bertz CT molecular complexity index is 946. The van der Waals surface area contributed by atoms with Crippen molar-refractivity contribution in [3.8, 4) is 5.75 Å². The molecule has 1 N–H and O–H groups in total. The van der Waals surface area contributed by atoms with Crippen LogP contribution in [0.3, 0.4) is 0 Å².